The van der Waals surface area contributed by atoms with Gasteiger partial charge in [0.25, 0.3) is 0 Å². The Balaban J connectivity index is 0.000000499. The summed E-state index contributed by atoms with van der Waals surface area (Å²) >= 11 is 0. The van der Waals surface area contributed by atoms with Gasteiger partial charge < -0.3 is 0 Å². The van der Waals surface area contributed by atoms with Crippen LogP contribution in [0.5, 0.6) is 0 Å². The summed E-state index contributed by atoms with van der Waals surface area (Å²) in [5.74, 6) is 0. The van der Waals surface area contributed by atoms with Gasteiger partial charge in [0.2, 0.25) is 0 Å². The molecular weight excluding hydrogens is 745 g/mol. The van der Waals surface area contributed by atoms with Crippen molar-refractivity contribution in [3.8, 4) is 44.5 Å². The zero-order valence-electron chi connectivity index (χ0n) is 40.1. The first-order valence-corrected chi connectivity index (χ1v) is 24.0. The lowest BCUT2D eigenvalue weighted by Crippen LogP contribution is -2.06. The minimum Gasteiger partial charge on any atom is -0.0836 e. The Morgan fingerprint density at radius 3 is 1.58 bits per heavy atom. The summed E-state index contributed by atoms with van der Waals surface area (Å²) < 4.78 is 0. The van der Waals surface area contributed by atoms with Gasteiger partial charge in [0.1, 0.15) is 0 Å². The third kappa shape index (κ3) is 10.9. The molecule has 0 unspecified atom stereocenters. The van der Waals surface area contributed by atoms with E-state index in [4.69, 9.17) is 0 Å². The van der Waals surface area contributed by atoms with Crippen LogP contribution in [0.15, 0.2) is 127 Å². The van der Waals surface area contributed by atoms with Crippen molar-refractivity contribution in [2.24, 2.45) is 0 Å². The summed E-state index contributed by atoms with van der Waals surface area (Å²) in [7, 11) is 0. The molecule has 0 atom stereocenters. The smallest absolute Gasteiger partial charge is 0.00668 e. The number of fused-ring (bicyclic) bond motifs is 6. The number of unbranched alkanes of at least 4 members (excludes halogenated alkanes) is 1. The topological polar surface area (TPSA) is 0 Å². The lowest BCUT2D eigenvalue weighted by atomic mass is 9.80. The largest absolute Gasteiger partial charge is 0.0836 e. The molecule has 322 valence electrons. The molecule has 0 heterocycles. The van der Waals surface area contributed by atoms with Crippen LogP contribution >= 0.6 is 0 Å². The minimum absolute atomic E-state index is 1.11. The molecule has 0 spiro atoms. The van der Waals surface area contributed by atoms with E-state index in [-0.39, 0.29) is 0 Å². The van der Waals surface area contributed by atoms with Crippen molar-refractivity contribution < 1.29 is 0 Å². The monoisotopic (exact) mass is 819 g/mol. The van der Waals surface area contributed by atoms with E-state index >= 15 is 0 Å². The molecule has 7 aromatic rings. The lowest BCUT2D eigenvalue weighted by molar-refractivity contribution is 0.886. The maximum Gasteiger partial charge on any atom is -0.00668 e. The standard InChI is InChI=1S/C49H40.C4H10.3C3H8/c1-31-26-37(29-38(27-31)48-30-36-14-4-5-18-42(36)44-20-8-9-22-46(44)48)34-15-12-16-35(28-34)39-24-13-25-41(32(39)2)49-33(3)40-17-6-7-19-43(40)45-21-10-11-23-47(45)49;1-3-4-2;3*1-3-2/h4,6-8,10-17,19-21,23-30H,5,9,18,22H2,1-3H3;3-4H2,1-2H3;3*3H2,1-2H3. The normalized spacial score (nSPS) is 12.0. The van der Waals surface area contributed by atoms with Gasteiger partial charge in [-0.25, -0.2) is 0 Å². The van der Waals surface area contributed by atoms with Crippen LogP contribution in [0.25, 0.3) is 78.2 Å². The zero-order valence-corrected chi connectivity index (χ0v) is 40.1. The van der Waals surface area contributed by atoms with E-state index in [1.54, 1.807) is 0 Å². The zero-order chi connectivity index (χ0) is 44.6. The maximum atomic E-state index is 2.46. The maximum absolute atomic E-state index is 2.46. The SMILES string of the molecule is CCC.CCC.CCC.CCCC.Cc1cc(-c2cccc(-c3cccc(-c4c(C)c5ccccc5c5ccccc45)c3C)c2)cc(-c2cc3c(c4c2CCC=C4)CCC=C3)c1. The average molecular weight is 819 g/mol. The second-order valence-electron chi connectivity index (χ2n) is 17.1. The highest BCUT2D eigenvalue weighted by Gasteiger charge is 2.21. The molecular formula is C62H74. The van der Waals surface area contributed by atoms with Crippen LogP contribution in [0.3, 0.4) is 0 Å². The van der Waals surface area contributed by atoms with E-state index in [2.05, 4.69) is 216 Å². The van der Waals surface area contributed by atoms with Gasteiger partial charge in [-0.1, -0.05) is 209 Å². The molecule has 62 heavy (non-hydrogen) atoms. The van der Waals surface area contributed by atoms with E-state index in [9.17, 15) is 0 Å². The third-order valence-electron chi connectivity index (χ3n) is 11.5. The van der Waals surface area contributed by atoms with Gasteiger partial charge >= 0.3 is 0 Å². The van der Waals surface area contributed by atoms with Gasteiger partial charge in [-0.05, 0) is 170 Å². The van der Waals surface area contributed by atoms with Crippen LogP contribution in [0, 0.1) is 20.8 Å². The predicted octanol–water partition coefficient (Wildman–Crippen LogP) is 19.6. The molecule has 0 saturated heterocycles. The fourth-order valence-corrected chi connectivity index (χ4v) is 8.69. The van der Waals surface area contributed by atoms with Crippen LogP contribution in [0.2, 0.25) is 0 Å². The molecule has 0 aliphatic heterocycles. The number of aryl methyl sites for hydroxylation is 2. The van der Waals surface area contributed by atoms with Crippen LogP contribution < -0.4 is 0 Å². The molecule has 7 aromatic carbocycles. The van der Waals surface area contributed by atoms with Crippen molar-refractivity contribution in [3.05, 3.63) is 166 Å². The third-order valence-corrected chi connectivity index (χ3v) is 11.5. The van der Waals surface area contributed by atoms with Gasteiger partial charge in [-0.3, -0.25) is 0 Å². The van der Waals surface area contributed by atoms with Gasteiger partial charge in [-0.2, -0.15) is 0 Å². The van der Waals surface area contributed by atoms with Crippen molar-refractivity contribution in [3.63, 3.8) is 0 Å². The summed E-state index contributed by atoms with van der Waals surface area (Å²) in [5, 5.41) is 5.27. The summed E-state index contributed by atoms with van der Waals surface area (Å²) in [4.78, 5) is 0. The molecule has 0 radical (unpaired) electrons. The van der Waals surface area contributed by atoms with E-state index in [1.165, 1.54) is 137 Å². The molecule has 0 nitrogen and oxygen atoms in total. The summed E-state index contributed by atoms with van der Waals surface area (Å²) in [5.41, 5.74) is 20.3. The molecule has 2 aliphatic rings. The van der Waals surface area contributed by atoms with Crippen molar-refractivity contribution in [1.29, 1.82) is 0 Å². The van der Waals surface area contributed by atoms with Crippen LogP contribution in [-0.2, 0) is 12.8 Å². The van der Waals surface area contributed by atoms with E-state index < -0.39 is 0 Å². The number of rotatable bonds is 5. The van der Waals surface area contributed by atoms with Gasteiger partial charge in [0.15, 0.2) is 0 Å². The summed E-state index contributed by atoms with van der Waals surface area (Å²) in [6.07, 6.45) is 20.3. The van der Waals surface area contributed by atoms with E-state index in [1.807, 2.05) is 0 Å². The molecule has 0 heteroatoms. The second kappa shape index (κ2) is 23.7. The second-order valence-corrected chi connectivity index (χ2v) is 17.1. The minimum atomic E-state index is 1.11. The number of hydrogen-bond donors (Lipinski definition) is 0. The Morgan fingerprint density at radius 2 is 0.919 bits per heavy atom. The van der Waals surface area contributed by atoms with Crippen molar-refractivity contribution in [2.45, 2.75) is 134 Å². The van der Waals surface area contributed by atoms with Crippen molar-refractivity contribution in [2.75, 3.05) is 0 Å². The Kier molecular flexibility index (Phi) is 18.2. The lowest BCUT2D eigenvalue weighted by Gasteiger charge is -2.24. The number of hydrogen-bond acceptors (Lipinski definition) is 0. The summed E-state index contributed by atoms with van der Waals surface area (Å²) in [6.45, 7) is 23.9. The number of benzene rings is 7. The first-order valence-electron chi connectivity index (χ1n) is 24.0. The fraction of sp³-hybridized carbons (Fsp3) is 0.323. The highest BCUT2D eigenvalue weighted by Crippen LogP contribution is 2.43. The first kappa shape index (κ1) is 47.6. The summed E-state index contributed by atoms with van der Waals surface area (Å²) in [6, 6.07) is 43.4. The molecule has 0 saturated carbocycles. The van der Waals surface area contributed by atoms with Gasteiger partial charge in [0, 0.05) is 0 Å². The predicted molar refractivity (Wildman–Crippen MR) is 281 cm³/mol. The highest BCUT2D eigenvalue weighted by molar-refractivity contribution is 6.16. The van der Waals surface area contributed by atoms with Crippen LogP contribution in [-0.4, -0.2) is 0 Å². The Morgan fingerprint density at radius 1 is 0.403 bits per heavy atom. The van der Waals surface area contributed by atoms with Crippen LogP contribution in [0.1, 0.15) is 139 Å². The molecule has 0 aromatic heterocycles. The van der Waals surface area contributed by atoms with Crippen LogP contribution in [0.4, 0.5) is 0 Å². The van der Waals surface area contributed by atoms with E-state index in [0.29, 0.717) is 0 Å². The Labute approximate surface area is 376 Å². The molecule has 0 bridgehead atoms. The Hall–Kier alpha value is -5.46. The Bertz CT molecular complexity index is 2600. The first-order chi connectivity index (χ1) is 30.2. The molecule has 0 N–H and O–H groups in total. The van der Waals surface area contributed by atoms with Gasteiger partial charge in [-0.15, -0.1) is 0 Å². The van der Waals surface area contributed by atoms with Crippen molar-refractivity contribution >= 4 is 33.7 Å². The number of allylic oxidation sites excluding steroid dienone is 2. The fourth-order valence-electron chi connectivity index (χ4n) is 8.69. The molecule has 9 rings (SSSR count). The quantitative estimate of drug-likeness (QED) is 0.152. The highest BCUT2D eigenvalue weighted by atomic mass is 14.2. The van der Waals surface area contributed by atoms with E-state index in [0.717, 1.165) is 25.7 Å². The molecule has 0 fully saturated rings. The van der Waals surface area contributed by atoms with Gasteiger partial charge in [0.05, 0.1) is 0 Å². The van der Waals surface area contributed by atoms with Crippen molar-refractivity contribution in [1.82, 2.24) is 0 Å². The average Bonchev–Trinajstić information content (AvgIpc) is 3.30. The molecule has 0 amide bonds. The molecule has 2 aliphatic carbocycles.